The minimum absolute atomic E-state index is 0.0702. The molecule has 0 saturated carbocycles. The molecular formula is C75H85B2Br3F4IN21O7S4. The maximum Gasteiger partial charge on any atom is 0.640 e. The molecule has 12 heterocycles. The maximum atomic E-state index is 14.2. The summed E-state index contributed by atoms with van der Waals surface area (Å²) in [6.45, 7) is 23.7. The fourth-order valence-electron chi connectivity index (χ4n) is 10.8. The van der Waals surface area contributed by atoms with E-state index >= 15 is 0 Å². The molecule has 2 aliphatic heterocycles. The molecule has 618 valence electrons. The minimum Gasteiger partial charge on any atom is -0.399 e. The van der Waals surface area contributed by atoms with Gasteiger partial charge in [0.1, 0.15) is 74.2 Å². The number of halogens is 8. The summed E-state index contributed by atoms with van der Waals surface area (Å²) in [4.78, 5) is 75.6. The molecule has 0 amide bonds. The third kappa shape index (κ3) is 23.2. The Labute approximate surface area is 728 Å². The average molecular weight is 1990 g/mol. The Morgan fingerprint density at radius 3 is 1.35 bits per heavy atom. The minimum atomic E-state index is -0.675. The van der Waals surface area contributed by atoms with E-state index in [1.807, 2.05) is 105 Å². The Balaban J connectivity index is 0.000000177. The van der Waals surface area contributed by atoms with Crippen LogP contribution in [0.15, 0.2) is 144 Å². The van der Waals surface area contributed by atoms with Gasteiger partial charge in [0.15, 0.2) is 19.3 Å². The quantitative estimate of drug-likeness (QED) is 0.0213. The number of aromatic nitrogens is 12. The molecule has 2 saturated heterocycles. The van der Waals surface area contributed by atoms with Crippen LogP contribution in [0.4, 0.5) is 56.2 Å². The highest BCUT2D eigenvalue weighted by molar-refractivity contribution is 14.1. The van der Waals surface area contributed by atoms with E-state index in [0.717, 1.165) is 47.7 Å². The number of rotatable bonds is 17. The predicted octanol–water partition coefficient (Wildman–Crippen LogP) is 16.2. The van der Waals surface area contributed by atoms with E-state index < -0.39 is 53.8 Å². The van der Waals surface area contributed by atoms with E-state index in [0.29, 0.717) is 26.8 Å². The summed E-state index contributed by atoms with van der Waals surface area (Å²) < 4.78 is 91.0. The van der Waals surface area contributed by atoms with Gasteiger partial charge in [0, 0.05) is 73.2 Å². The van der Waals surface area contributed by atoms with E-state index in [1.165, 1.54) is 84.7 Å². The molecule has 2 fully saturated rings. The highest BCUT2D eigenvalue weighted by Gasteiger charge is 2.54. The molecule has 0 spiro atoms. The summed E-state index contributed by atoms with van der Waals surface area (Å²) in [5.74, 6) is -1.55. The van der Waals surface area contributed by atoms with Crippen LogP contribution in [0.1, 0.15) is 123 Å². The smallest absolute Gasteiger partial charge is 0.399 e. The van der Waals surface area contributed by atoms with Crippen LogP contribution < -0.4 is 52.7 Å². The van der Waals surface area contributed by atoms with Crippen molar-refractivity contribution in [1.82, 2.24) is 58.6 Å². The van der Waals surface area contributed by atoms with Crippen LogP contribution in [0, 0.1) is 34.1 Å². The van der Waals surface area contributed by atoms with Crippen molar-refractivity contribution in [3.8, 4) is 22.3 Å². The summed E-state index contributed by atoms with van der Waals surface area (Å²) >= 11 is 17.7. The first-order valence-electron chi connectivity index (χ1n) is 35.6. The molecule has 0 bridgehead atoms. The molecule has 0 radical (unpaired) electrons. The molecule has 2 aliphatic rings. The van der Waals surface area contributed by atoms with Crippen LogP contribution in [-0.2, 0) is 23.3 Å². The topological polar surface area (TPSA) is 352 Å². The molecule has 2 atom stereocenters. The highest BCUT2D eigenvalue weighted by Crippen LogP contribution is 2.40. The second kappa shape index (κ2) is 39.2. The molecule has 1 unspecified atom stereocenters. The second-order valence-corrected chi connectivity index (χ2v) is 38.0. The van der Waals surface area contributed by atoms with E-state index in [2.05, 4.69) is 136 Å². The number of thiazole rings is 4. The van der Waals surface area contributed by atoms with Gasteiger partial charge in [-0.15, -0.1) is 22.7 Å². The van der Waals surface area contributed by atoms with Crippen molar-refractivity contribution in [2.75, 3.05) is 79.1 Å². The summed E-state index contributed by atoms with van der Waals surface area (Å²) in [5, 5.41) is 25.8. The lowest BCUT2D eigenvalue weighted by Gasteiger charge is -2.32. The Bertz CT molecular complexity index is 5620. The van der Waals surface area contributed by atoms with Gasteiger partial charge in [0.05, 0.1) is 103 Å². The number of nitrogen functional groups attached to an aromatic ring is 2. The number of hydrogen-bond acceptors (Lipinski definition) is 30. The first-order valence-corrected chi connectivity index (χ1v) is 42.3. The van der Waals surface area contributed by atoms with Gasteiger partial charge in [-0.3, -0.25) is 29.2 Å². The summed E-state index contributed by atoms with van der Waals surface area (Å²) in [6, 6.07) is 15.0. The van der Waals surface area contributed by atoms with Gasteiger partial charge in [-0.05, 0) is 213 Å². The second-order valence-electron chi connectivity index (χ2n) is 28.8. The Kier molecular flexibility index (Phi) is 31.0. The average Bonchev–Trinajstić information content (AvgIpc) is 1.75. The molecular weight excluding hydrogens is 1900 g/mol. The van der Waals surface area contributed by atoms with Gasteiger partial charge in [-0.2, -0.15) is 0 Å². The first-order chi connectivity index (χ1) is 54.8. The lowest BCUT2D eigenvalue weighted by Crippen LogP contribution is -2.41. The maximum absolute atomic E-state index is 14.2. The van der Waals surface area contributed by atoms with Crippen molar-refractivity contribution >= 4 is 194 Å². The normalized spacial score (nSPS) is 14.6. The van der Waals surface area contributed by atoms with Crippen LogP contribution in [0.25, 0.3) is 33.5 Å². The van der Waals surface area contributed by atoms with Crippen molar-refractivity contribution in [3.05, 3.63) is 205 Å². The Hall–Kier alpha value is -8.40. The number of benzene rings is 2. The van der Waals surface area contributed by atoms with Crippen LogP contribution in [-0.4, -0.2) is 153 Å². The Morgan fingerprint density at radius 2 is 0.966 bits per heavy atom. The van der Waals surface area contributed by atoms with Gasteiger partial charge in [0.2, 0.25) is 0 Å². The van der Waals surface area contributed by atoms with E-state index in [4.69, 9.17) is 45.6 Å². The van der Waals surface area contributed by atoms with Crippen molar-refractivity contribution < 1.29 is 40.8 Å². The molecule has 28 nitrogen and oxygen atoms in total. The largest absolute Gasteiger partial charge is 0.640 e. The lowest BCUT2D eigenvalue weighted by atomic mass is 9.89. The fourth-order valence-corrected chi connectivity index (χ4v) is 16.2. The predicted molar refractivity (Wildman–Crippen MR) is 480 cm³/mol. The standard InChI is InChI=1S/C26H23F2N9OS.C21H16F2IN7O.C11H19BN2O2S.C9H19BO3.C5H7BrN2S.C3HBr2NS/c1-13(34-24-20(23(30)32-12-33-24)21(29)17-10-31-26(39-17)36(2)3)22-19(14-5-4-6-15(27)9-14)25(38)37-11-16(28)7-8-18(37)35-22;1-10(29-20-16(18(24)25)19(26)27-9-28-20)17-15(11-3-2-4-12(22)7-11)21(32)31-8-13(23)5-6-14(31)30-17;1-10(2)11(3,4)16-12(15-10)8-7-13-9(17-8)14(5)6;1-7(2)11-10-12-8(3,4)9(5,6)13-10;1-8(2)5-7-3-4(6)9-5;4-2-1-6-3(5)7-2/h4-13,29H,1-3H3,(H3,30,32,33,34);2-10,25H,1H3,(H3,26,27,28,29);7H,1-6H3;7H,1-6H3;3H,1-2H3;1H/t13-;;;;;/m0...../s1. The van der Waals surface area contributed by atoms with Crippen LogP contribution in [0.3, 0.4) is 0 Å². The highest BCUT2D eigenvalue weighted by atomic mass is 127. The summed E-state index contributed by atoms with van der Waals surface area (Å²) in [5.41, 5.74) is 12.2. The number of nitrogens with zero attached hydrogens (tertiary/aromatic N) is 15. The fraction of sp³-hybridized carbons (Fsp3) is 0.333. The molecule has 2 aromatic carbocycles. The van der Waals surface area contributed by atoms with Crippen molar-refractivity contribution in [2.45, 2.75) is 124 Å². The monoisotopic (exact) mass is 1980 g/mol. The zero-order chi connectivity index (χ0) is 86.1. The zero-order valence-corrected chi connectivity index (χ0v) is 77.0. The van der Waals surface area contributed by atoms with Crippen molar-refractivity contribution in [2.24, 2.45) is 0 Å². The molecule has 42 heteroatoms. The SMILES string of the molecule is Brc1cnc(Br)s1.CC(C)OB1OC(C)(C)C(C)(C)O1.CC(Nc1ncnc(N)c1C(=N)I)c1nc2ccc(F)cn2c(=O)c1-c1cccc(F)c1.CN(C)c1ncc(B2OC(C)(C)C(C)(C)O2)s1.CN(C)c1ncc(Br)s1.C[C@H](Nc1ncnc(N)c1C(=N)c1cnc(N(C)C)s1)c1nc2ccc(F)cn2c(=O)c1-c1cccc(F)c1. The number of nitrogens with one attached hydrogen (secondary N) is 4. The van der Waals surface area contributed by atoms with Gasteiger partial charge >= 0.3 is 14.4 Å². The number of hydrogen-bond donors (Lipinski definition) is 6. The van der Waals surface area contributed by atoms with Crippen LogP contribution in [0.5, 0.6) is 0 Å². The number of pyridine rings is 2. The number of nitrogens with two attached hydrogens (primary N) is 2. The van der Waals surface area contributed by atoms with Gasteiger partial charge in [-0.1, -0.05) is 46.9 Å². The molecule has 8 N–H and O–H groups in total. The Morgan fingerprint density at radius 1 is 0.547 bits per heavy atom. The molecule has 10 aromatic heterocycles. The third-order valence-corrected chi connectivity index (χ3v) is 24.5. The number of anilines is 7. The third-order valence-electron chi connectivity index (χ3n) is 18.0. The summed E-state index contributed by atoms with van der Waals surface area (Å²) in [6.07, 6.45) is 11.7. The van der Waals surface area contributed by atoms with Crippen LogP contribution >= 0.6 is 116 Å². The van der Waals surface area contributed by atoms with Crippen LogP contribution in [0.2, 0.25) is 0 Å². The van der Waals surface area contributed by atoms with Gasteiger partial charge in [-0.25, -0.2) is 67.4 Å². The summed E-state index contributed by atoms with van der Waals surface area (Å²) in [7, 11) is 10.8. The number of fused-ring (bicyclic) bond motifs is 2. The zero-order valence-electron chi connectivity index (χ0n) is 66.8. The molecule has 0 aliphatic carbocycles. The molecule has 12 aromatic rings. The van der Waals surface area contributed by atoms with Crippen molar-refractivity contribution in [3.63, 3.8) is 0 Å². The molecule has 117 heavy (non-hydrogen) atoms. The van der Waals surface area contributed by atoms with E-state index in [-0.39, 0.29) is 108 Å². The van der Waals surface area contributed by atoms with E-state index in [1.54, 1.807) is 101 Å². The van der Waals surface area contributed by atoms with Gasteiger partial charge < -0.3 is 60.1 Å². The lowest BCUT2D eigenvalue weighted by molar-refractivity contribution is 0.00578. The first kappa shape index (κ1) is 92.5. The van der Waals surface area contributed by atoms with Gasteiger partial charge in [0.25, 0.3) is 11.1 Å². The van der Waals surface area contributed by atoms with Crippen molar-refractivity contribution in [1.29, 1.82) is 10.8 Å². The van der Waals surface area contributed by atoms with E-state index in [9.17, 15) is 27.2 Å². The molecule has 14 rings (SSSR count).